The first-order chi connectivity index (χ1) is 16.3. The van der Waals surface area contributed by atoms with E-state index in [0.29, 0.717) is 18.7 Å². The Morgan fingerprint density at radius 1 is 0.970 bits per heavy atom. The van der Waals surface area contributed by atoms with E-state index in [9.17, 15) is 4.79 Å². The molecule has 1 amide bonds. The van der Waals surface area contributed by atoms with E-state index < -0.39 is 0 Å². The number of anilines is 1. The Kier molecular flexibility index (Phi) is 6.12. The van der Waals surface area contributed by atoms with Crippen LogP contribution in [0.1, 0.15) is 27.2 Å². The molecule has 0 unspecified atom stereocenters. The number of amidine groups is 1. The predicted octanol–water partition coefficient (Wildman–Crippen LogP) is 4.93. The maximum Gasteiger partial charge on any atom is 0.251 e. The van der Waals surface area contributed by atoms with Crippen LogP contribution in [0.5, 0.6) is 0 Å². The molecule has 162 valence electrons. The van der Waals surface area contributed by atoms with Crippen molar-refractivity contribution in [3.8, 4) is 0 Å². The number of amides is 1. The van der Waals surface area contributed by atoms with E-state index in [-0.39, 0.29) is 5.91 Å². The molecule has 2 aromatic heterocycles. The number of carbonyl (C=O) groups is 1. The third-order valence-corrected chi connectivity index (χ3v) is 6.31. The zero-order valence-electron chi connectivity index (χ0n) is 17.7. The average molecular weight is 452 g/mol. The van der Waals surface area contributed by atoms with Gasteiger partial charge in [-0.2, -0.15) is 0 Å². The molecule has 2 aromatic carbocycles. The third-order valence-electron chi connectivity index (χ3n) is 5.16. The van der Waals surface area contributed by atoms with E-state index in [1.54, 1.807) is 24.2 Å². The van der Waals surface area contributed by atoms with Gasteiger partial charge < -0.3 is 10.6 Å². The lowest BCUT2D eigenvalue weighted by Gasteiger charge is -2.12. The first-order valence-corrected chi connectivity index (χ1v) is 11.4. The van der Waals surface area contributed by atoms with Crippen LogP contribution in [0.4, 0.5) is 5.69 Å². The molecule has 3 heterocycles. The number of hydrogen-bond acceptors (Lipinski definition) is 5. The number of rotatable bonds is 5. The molecule has 0 radical (unpaired) electrons. The molecule has 0 fully saturated rings. The van der Waals surface area contributed by atoms with Gasteiger partial charge in [-0.3, -0.25) is 19.8 Å². The predicted molar refractivity (Wildman–Crippen MR) is 131 cm³/mol. The van der Waals surface area contributed by atoms with Gasteiger partial charge in [-0.05, 0) is 48.0 Å². The van der Waals surface area contributed by atoms with Gasteiger partial charge in [0.1, 0.15) is 5.84 Å². The van der Waals surface area contributed by atoms with Crippen molar-refractivity contribution in [2.24, 2.45) is 4.99 Å². The highest BCUT2D eigenvalue weighted by atomic mass is 32.2. The standard InChI is InChI=1S/C26H21N5OS/c32-26(30-17-20-7-3-4-13-28-20)19-10-11-24-22(14-19)31-25(21-8-1-2-9-23(21)33-24)29-16-18-6-5-12-27-15-18/h1-15H,16-17H2,(H,29,31)(H,30,32). The lowest BCUT2D eigenvalue weighted by atomic mass is 10.1. The Hall–Kier alpha value is -3.97. The summed E-state index contributed by atoms with van der Waals surface area (Å²) in [7, 11) is 0. The smallest absolute Gasteiger partial charge is 0.251 e. The highest BCUT2D eigenvalue weighted by molar-refractivity contribution is 7.99. The summed E-state index contributed by atoms with van der Waals surface area (Å²) in [5.41, 5.74) is 4.31. The normalized spacial score (nSPS) is 13.4. The number of nitrogens with one attached hydrogen (secondary N) is 2. The van der Waals surface area contributed by atoms with Gasteiger partial charge in [0.25, 0.3) is 5.91 Å². The Morgan fingerprint density at radius 2 is 1.88 bits per heavy atom. The molecule has 0 bridgehead atoms. The fraction of sp³-hybridized carbons (Fsp3) is 0.0769. The second kappa shape index (κ2) is 9.67. The first kappa shape index (κ1) is 20.9. The minimum Gasteiger partial charge on any atom is -0.346 e. The van der Waals surface area contributed by atoms with Gasteiger partial charge in [-0.15, -0.1) is 0 Å². The second-order valence-electron chi connectivity index (χ2n) is 7.46. The van der Waals surface area contributed by atoms with Crippen LogP contribution in [0.25, 0.3) is 0 Å². The van der Waals surface area contributed by atoms with Crippen LogP contribution < -0.4 is 10.6 Å². The van der Waals surface area contributed by atoms with Gasteiger partial charge in [0, 0.05) is 39.5 Å². The van der Waals surface area contributed by atoms with E-state index in [1.165, 1.54) is 0 Å². The van der Waals surface area contributed by atoms with Crippen molar-refractivity contribution in [1.82, 2.24) is 15.3 Å². The largest absolute Gasteiger partial charge is 0.346 e. The van der Waals surface area contributed by atoms with Crippen LogP contribution in [0.15, 0.2) is 106 Å². The van der Waals surface area contributed by atoms with E-state index in [4.69, 9.17) is 4.99 Å². The number of fused-ring (bicyclic) bond motifs is 2. The number of benzene rings is 2. The number of pyridine rings is 2. The highest BCUT2D eigenvalue weighted by Gasteiger charge is 2.19. The van der Waals surface area contributed by atoms with Crippen molar-refractivity contribution >= 4 is 29.2 Å². The first-order valence-electron chi connectivity index (χ1n) is 10.6. The maximum atomic E-state index is 12.8. The van der Waals surface area contributed by atoms with Gasteiger partial charge in [0.05, 0.1) is 24.5 Å². The van der Waals surface area contributed by atoms with Gasteiger partial charge in [-0.25, -0.2) is 0 Å². The summed E-state index contributed by atoms with van der Waals surface area (Å²) in [5, 5.41) is 6.41. The van der Waals surface area contributed by atoms with Gasteiger partial charge in [0.2, 0.25) is 0 Å². The van der Waals surface area contributed by atoms with Crippen molar-refractivity contribution in [1.29, 1.82) is 0 Å². The Labute approximate surface area is 196 Å². The third kappa shape index (κ3) is 4.94. The zero-order valence-corrected chi connectivity index (χ0v) is 18.5. The quantitative estimate of drug-likeness (QED) is 0.450. The molecule has 0 spiro atoms. The lowest BCUT2D eigenvalue weighted by Crippen LogP contribution is -2.23. The van der Waals surface area contributed by atoms with Gasteiger partial charge in [-0.1, -0.05) is 42.1 Å². The summed E-state index contributed by atoms with van der Waals surface area (Å²) in [6.45, 7) is 0.886. The Morgan fingerprint density at radius 3 is 2.73 bits per heavy atom. The average Bonchev–Trinajstić information content (AvgIpc) is 3.03. The molecule has 5 rings (SSSR count). The lowest BCUT2D eigenvalue weighted by molar-refractivity contribution is 0.0950. The summed E-state index contributed by atoms with van der Waals surface area (Å²) in [4.78, 5) is 28.2. The second-order valence-corrected chi connectivity index (χ2v) is 8.55. The molecule has 33 heavy (non-hydrogen) atoms. The molecule has 2 N–H and O–H groups in total. The highest BCUT2D eigenvalue weighted by Crippen LogP contribution is 2.39. The van der Waals surface area contributed by atoms with Crippen LogP contribution in [0, 0.1) is 0 Å². The summed E-state index contributed by atoms with van der Waals surface area (Å²) in [5.74, 6) is 0.623. The van der Waals surface area contributed by atoms with Crippen molar-refractivity contribution in [2.75, 3.05) is 5.32 Å². The topological polar surface area (TPSA) is 79.3 Å². The van der Waals surface area contributed by atoms with Gasteiger partial charge >= 0.3 is 0 Å². The van der Waals surface area contributed by atoms with Crippen molar-refractivity contribution in [2.45, 2.75) is 22.9 Å². The number of hydrogen-bond donors (Lipinski definition) is 2. The number of aliphatic imine (C=N–C) groups is 1. The van der Waals surface area contributed by atoms with Gasteiger partial charge in [0.15, 0.2) is 0 Å². The molecule has 1 aliphatic heterocycles. The number of aromatic nitrogens is 2. The molecule has 6 nitrogen and oxygen atoms in total. The molecular weight excluding hydrogens is 430 g/mol. The van der Waals surface area contributed by atoms with Crippen molar-refractivity contribution in [3.05, 3.63) is 114 Å². The fourth-order valence-corrected chi connectivity index (χ4v) is 4.50. The zero-order chi connectivity index (χ0) is 22.5. The van der Waals surface area contributed by atoms with E-state index in [2.05, 4.69) is 32.7 Å². The fourth-order valence-electron chi connectivity index (χ4n) is 3.48. The molecule has 0 saturated heterocycles. The molecule has 0 aliphatic carbocycles. The Balaban J connectivity index is 1.42. The van der Waals surface area contributed by atoms with E-state index in [0.717, 1.165) is 38.1 Å². The van der Waals surface area contributed by atoms with Crippen LogP contribution in [0.2, 0.25) is 0 Å². The van der Waals surface area contributed by atoms with Crippen molar-refractivity contribution < 1.29 is 4.79 Å². The van der Waals surface area contributed by atoms with Crippen LogP contribution in [-0.4, -0.2) is 21.7 Å². The summed E-state index contributed by atoms with van der Waals surface area (Å²) in [6, 6.07) is 23.4. The minimum atomic E-state index is -0.147. The minimum absolute atomic E-state index is 0.147. The van der Waals surface area contributed by atoms with Crippen LogP contribution >= 0.6 is 11.8 Å². The maximum absolute atomic E-state index is 12.8. The SMILES string of the molecule is O=C(NCc1ccccn1)c1ccc2c(c1)NC(=NCc1cccnc1)c1ccccc1S2. The van der Waals surface area contributed by atoms with Crippen molar-refractivity contribution in [3.63, 3.8) is 0 Å². The molecule has 1 aliphatic rings. The van der Waals surface area contributed by atoms with Crippen LogP contribution in [-0.2, 0) is 13.1 Å². The summed E-state index contributed by atoms with van der Waals surface area (Å²) >= 11 is 1.66. The molecule has 0 saturated carbocycles. The number of carbonyl (C=O) groups excluding carboxylic acids is 1. The van der Waals surface area contributed by atoms with Crippen LogP contribution in [0.3, 0.4) is 0 Å². The summed E-state index contributed by atoms with van der Waals surface area (Å²) < 4.78 is 0. The molecule has 7 heteroatoms. The van der Waals surface area contributed by atoms with E-state index in [1.807, 2.05) is 66.9 Å². The molecular formula is C26H21N5OS. The molecule has 0 atom stereocenters. The summed E-state index contributed by atoms with van der Waals surface area (Å²) in [6.07, 6.45) is 5.29. The number of nitrogens with zero attached hydrogens (tertiary/aromatic N) is 3. The van der Waals surface area contributed by atoms with E-state index >= 15 is 0 Å². The monoisotopic (exact) mass is 451 g/mol. The Bertz CT molecular complexity index is 1310. The molecule has 4 aromatic rings.